The van der Waals surface area contributed by atoms with Crippen LogP contribution in [0.2, 0.25) is 0 Å². The Balaban J connectivity index is 2.29. The largest absolute Gasteiger partial charge is 0.479 e. The lowest BCUT2D eigenvalue weighted by Crippen LogP contribution is -2.59. The zero-order valence-electron chi connectivity index (χ0n) is 11.3. The van der Waals surface area contributed by atoms with E-state index in [0.29, 0.717) is 0 Å². The molecule has 3 N–H and O–H groups in total. The van der Waals surface area contributed by atoms with Gasteiger partial charge in [0.1, 0.15) is 6.10 Å². The second kappa shape index (κ2) is 5.53. The van der Waals surface area contributed by atoms with Crippen molar-refractivity contribution in [3.05, 3.63) is 35.9 Å². The SMILES string of the molecule is C[C@H]1C(=O)N[C@](CO)(C(=O)O)[C@@H]1OC(=O)c1ccccc1. The van der Waals surface area contributed by atoms with E-state index in [-0.39, 0.29) is 5.56 Å². The van der Waals surface area contributed by atoms with Crippen LogP contribution in [0.15, 0.2) is 30.3 Å². The molecule has 1 saturated heterocycles. The number of amides is 1. The summed E-state index contributed by atoms with van der Waals surface area (Å²) in [5, 5.41) is 20.9. The number of aliphatic hydroxyl groups is 1. The van der Waals surface area contributed by atoms with Crippen molar-refractivity contribution in [3.8, 4) is 0 Å². The van der Waals surface area contributed by atoms with Crippen LogP contribution >= 0.6 is 0 Å². The maximum Gasteiger partial charge on any atom is 0.338 e. The maximum absolute atomic E-state index is 12.0. The zero-order chi connectivity index (χ0) is 15.6. The third-order valence-electron chi connectivity index (χ3n) is 3.57. The molecule has 0 unspecified atom stereocenters. The van der Waals surface area contributed by atoms with Gasteiger partial charge in [-0.05, 0) is 19.1 Å². The van der Waals surface area contributed by atoms with Gasteiger partial charge in [0.2, 0.25) is 5.91 Å². The summed E-state index contributed by atoms with van der Waals surface area (Å²) in [6, 6.07) is 8.01. The molecule has 0 bridgehead atoms. The van der Waals surface area contributed by atoms with Gasteiger partial charge in [-0.1, -0.05) is 18.2 Å². The number of aliphatic carboxylic acids is 1. The summed E-state index contributed by atoms with van der Waals surface area (Å²) >= 11 is 0. The van der Waals surface area contributed by atoms with Gasteiger partial charge in [-0.15, -0.1) is 0 Å². The predicted molar refractivity (Wildman–Crippen MR) is 70.4 cm³/mol. The molecule has 0 spiro atoms. The number of aliphatic hydroxyl groups excluding tert-OH is 1. The fraction of sp³-hybridized carbons (Fsp3) is 0.357. The number of esters is 1. The van der Waals surface area contributed by atoms with Gasteiger partial charge in [0, 0.05) is 0 Å². The first kappa shape index (κ1) is 15.0. The lowest BCUT2D eigenvalue weighted by Gasteiger charge is -2.29. The van der Waals surface area contributed by atoms with Crippen LogP contribution in [0.3, 0.4) is 0 Å². The number of carbonyl (C=O) groups is 3. The van der Waals surface area contributed by atoms with Crippen molar-refractivity contribution < 1.29 is 29.3 Å². The summed E-state index contributed by atoms with van der Waals surface area (Å²) in [5.41, 5.74) is -1.78. The number of benzene rings is 1. The van der Waals surface area contributed by atoms with Crippen molar-refractivity contribution >= 4 is 17.8 Å². The van der Waals surface area contributed by atoms with Gasteiger partial charge >= 0.3 is 11.9 Å². The Morgan fingerprint density at radius 1 is 1.33 bits per heavy atom. The first-order valence-corrected chi connectivity index (χ1v) is 6.34. The summed E-state index contributed by atoms with van der Waals surface area (Å²) in [5.74, 6) is -3.66. The molecule has 2 rings (SSSR count). The lowest BCUT2D eigenvalue weighted by molar-refractivity contribution is -0.151. The van der Waals surface area contributed by atoms with Gasteiger partial charge in [0.15, 0.2) is 5.54 Å². The van der Waals surface area contributed by atoms with Crippen molar-refractivity contribution in [1.29, 1.82) is 0 Å². The molecule has 1 aromatic carbocycles. The van der Waals surface area contributed by atoms with E-state index in [1.165, 1.54) is 19.1 Å². The second-order valence-electron chi connectivity index (χ2n) is 4.90. The molecular weight excluding hydrogens is 278 g/mol. The summed E-state index contributed by atoms with van der Waals surface area (Å²) < 4.78 is 5.19. The molecule has 7 heteroatoms. The number of nitrogens with one attached hydrogen (secondary N) is 1. The van der Waals surface area contributed by atoms with Gasteiger partial charge in [0.25, 0.3) is 0 Å². The average Bonchev–Trinajstić information content (AvgIpc) is 2.73. The lowest BCUT2D eigenvalue weighted by atomic mass is 9.90. The van der Waals surface area contributed by atoms with Crippen molar-refractivity contribution in [1.82, 2.24) is 5.32 Å². The fourth-order valence-corrected chi connectivity index (χ4v) is 2.30. The van der Waals surface area contributed by atoms with E-state index in [2.05, 4.69) is 5.32 Å². The van der Waals surface area contributed by atoms with E-state index in [1.54, 1.807) is 18.2 Å². The standard InChI is InChI=1S/C14H15NO6/c1-8-10(14(7-16,13(19)20)15-11(8)17)21-12(18)9-5-3-2-4-6-9/h2-6,8,10,16H,7H2,1H3,(H,15,17)(H,19,20)/t8-,10-,14+/m1/s1. The molecule has 0 radical (unpaired) electrons. The summed E-state index contributed by atoms with van der Waals surface area (Å²) in [7, 11) is 0. The van der Waals surface area contributed by atoms with E-state index in [1.807, 2.05) is 0 Å². The molecule has 0 aliphatic carbocycles. The minimum Gasteiger partial charge on any atom is -0.479 e. The van der Waals surface area contributed by atoms with E-state index < -0.39 is 42.0 Å². The first-order chi connectivity index (χ1) is 9.92. The van der Waals surface area contributed by atoms with E-state index in [9.17, 15) is 24.6 Å². The van der Waals surface area contributed by atoms with Gasteiger partial charge in [-0.3, -0.25) is 4.79 Å². The highest BCUT2D eigenvalue weighted by Crippen LogP contribution is 2.29. The second-order valence-corrected chi connectivity index (χ2v) is 4.90. The summed E-state index contributed by atoms with van der Waals surface area (Å²) in [4.78, 5) is 35.2. The average molecular weight is 293 g/mol. The van der Waals surface area contributed by atoms with Crippen LogP contribution in [-0.2, 0) is 14.3 Å². The quantitative estimate of drug-likeness (QED) is 0.662. The van der Waals surface area contributed by atoms with Crippen LogP contribution in [0.1, 0.15) is 17.3 Å². The third-order valence-corrected chi connectivity index (χ3v) is 3.57. The predicted octanol–water partition coefficient (Wildman–Crippen LogP) is -0.206. The molecule has 112 valence electrons. The third kappa shape index (κ3) is 2.47. The molecular formula is C14H15NO6. The maximum atomic E-state index is 12.0. The fourth-order valence-electron chi connectivity index (χ4n) is 2.30. The summed E-state index contributed by atoms with van der Waals surface area (Å²) in [6.07, 6.45) is -1.29. The summed E-state index contributed by atoms with van der Waals surface area (Å²) in [6.45, 7) is 0.573. The Kier molecular flexibility index (Phi) is 3.95. The smallest absolute Gasteiger partial charge is 0.338 e. The Bertz CT molecular complexity index is 572. The monoisotopic (exact) mass is 293 g/mol. The Morgan fingerprint density at radius 2 is 1.95 bits per heavy atom. The molecule has 1 aliphatic rings. The molecule has 1 fully saturated rings. The van der Waals surface area contributed by atoms with Crippen LogP contribution < -0.4 is 5.32 Å². The highest BCUT2D eigenvalue weighted by molar-refractivity contribution is 5.96. The minimum atomic E-state index is -2.01. The van der Waals surface area contributed by atoms with E-state index >= 15 is 0 Å². The van der Waals surface area contributed by atoms with Crippen LogP contribution in [0.25, 0.3) is 0 Å². The molecule has 1 amide bonds. The molecule has 1 heterocycles. The molecule has 21 heavy (non-hydrogen) atoms. The van der Waals surface area contributed by atoms with Crippen LogP contribution in [-0.4, -0.2) is 46.3 Å². The molecule has 1 aromatic rings. The molecule has 0 aromatic heterocycles. The highest BCUT2D eigenvalue weighted by atomic mass is 16.6. The van der Waals surface area contributed by atoms with Crippen molar-refractivity contribution in [3.63, 3.8) is 0 Å². The number of carbonyl (C=O) groups excluding carboxylic acids is 2. The van der Waals surface area contributed by atoms with Gasteiger partial charge < -0.3 is 20.3 Å². The normalized spacial score (nSPS) is 28.0. The van der Waals surface area contributed by atoms with Gasteiger partial charge in [-0.25, -0.2) is 9.59 Å². The number of carboxylic acids is 1. The topological polar surface area (TPSA) is 113 Å². The van der Waals surface area contributed by atoms with Crippen LogP contribution in [0.5, 0.6) is 0 Å². The van der Waals surface area contributed by atoms with Gasteiger partial charge in [-0.2, -0.15) is 0 Å². The number of hydrogen-bond donors (Lipinski definition) is 3. The van der Waals surface area contributed by atoms with Crippen molar-refractivity contribution in [2.24, 2.45) is 5.92 Å². The Morgan fingerprint density at radius 3 is 2.48 bits per heavy atom. The minimum absolute atomic E-state index is 0.237. The molecule has 3 atom stereocenters. The van der Waals surface area contributed by atoms with Crippen molar-refractivity contribution in [2.45, 2.75) is 18.6 Å². The molecule has 0 saturated carbocycles. The number of carboxylic acid groups (broad SMARTS) is 1. The highest BCUT2D eigenvalue weighted by Gasteiger charge is 2.59. The van der Waals surface area contributed by atoms with E-state index in [0.717, 1.165) is 0 Å². The first-order valence-electron chi connectivity index (χ1n) is 6.34. The Hall–Kier alpha value is -2.41. The van der Waals surface area contributed by atoms with Crippen LogP contribution in [0, 0.1) is 5.92 Å². The zero-order valence-corrected chi connectivity index (χ0v) is 11.3. The number of hydrogen-bond acceptors (Lipinski definition) is 5. The number of rotatable bonds is 4. The van der Waals surface area contributed by atoms with E-state index in [4.69, 9.17) is 4.74 Å². The van der Waals surface area contributed by atoms with Crippen molar-refractivity contribution in [2.75, 3.05) is 6.61 Å². The van der Waals surface area contributed by atoms with Crippen LogP contribution in [0.4, 0.5) is 0 Å². The van der Waals surface area contributed by atoms with Gasteiger partial charge in [0.05, 0.1) is 18.1 Å². The molecule has 1 aliphatic heterocycles. The Labute approximate surface area is 120 Å². The number of ether oxygens (including phenoxy) is 1. The molecule has 7 nitrogen and oxygen atoms in total.